The number of hydrogen-bond donors (Lipinski definition) is 1. The Bertz CT molecular complexity index is 1140. The molecule has 1 heterocycles. The van der Waals surface area contributed by atoms with Crippen LogP contribution < -0.4 is 10.1 Å². The van der Waals surface area contributed by atoms with Gasteiger partial charge in [0.1, 0.15) is 11.3 Å². The van der Waals surface area contributed by atoms with Gasteiger partial charge in [-0.05, 0) is 64.5 Å². The van der Waals surface area contributed by atoms with E-state index < -0.39 is 0 Å². The number of carbonyl (C=O) groups excluding carboxylic acids is 1. The summed E-state index contributed by atoms with van der Waals surface area (Å²) in [4.78, 5) is 17.0. The monoisotopic (exact) mass is 422 g/mol. The average molecular weight is 423 g/mol. The zero-order valence-electron chi connectivity index (χ0n) is 14.4. The molecule has 1 amide bonds. The summed E-state index contributed by atoms with van der Waals surface area (Å²) >= 11 is 3.39. The maximum absolute atomic E-state index is 12.5. The van der Waals surface area contributed by atoms with Gasteiger partial charge in [0, 0.05) is 15.7 Å². The normalized spacial score (nSPS) is 10.7. The van der Waals surface area contributed by atoms with Crippen LogP contribution in [-0.4, -0.2) is 18.0 Å². The fourth-order valence-electron chi connectivity index (χ4n) is 2.73. The third-order valence-corrected chi connectivity index (χ3v) is 4.77. The van der Waals surface area contributed by atoms with Crippen molar-refractivity contribution in [2.24, 2.45) is 0 Å². The van der Waals surface area contributed by atoms with Gasteiger partial charge in [0.05, 0.1) is 12.7 Å². The first-order valence-electron chi connectivity index (χ1n) is 8.25. The molecule has 4 aromatic rings. The van der Waals surface area contributed by atoms with Gasteiger partial charge in [-0.1, -0.05) is 18.2 Å². The fourth-order valence-corrected chi connectivity index (χ4v) is 3.19. The van der Waals surface area contributed by atoms with Crippen molar-refractivity contribution in [2.45, 2.75) is 0 Å². The summed E-state index contributed by atoms with van der Waals surface area (Å²) in [6.07, 6.45) is 0. The van der Waals surface area contributed by atoms with Crippen molar-refractivity contribution in [1.29, 1.82) is 0 Å². The first kappa shape index (κ1) is 17.3. The highest BCUT2D eigenvalue weighted by Crippen LogP contribution is 2.28. The number of ether oxygens (including phenoxy) is 1. The third kappa shape index (κ3) is 3.57. The maximum atomic E-state index is 12.5. The van der Waals surface area contributed by atoms with Crippen LogP contribution >= 0.6 is 15.9 Å². The minimum Gasteiger partial charge on any atom is -0.497 e. The SMILES string of the molecule is COc1cccc(-c2nc3cc(NC(=O)c4ccccc4Br)ccc3o2)c1. The molecule has 5 nitrogen and oxygen atoms in total. The third-order valence-electron chi connectivity index (χ3n) is 4.08. The van der Waals surface area contributed by atoms with Crippen LogP contribution in [0.4, 0.5) is 5.69 Å². The quantitative estimate of drug-likeness (QED) is 0.470. The van der Waals surface area contributed by atoms with E-state index in [1.807, 2.05) is 42.5 Å². The van der Waals surface area contributed by atoms with Gasteiger partial charge in [-0.3, -0.25) is 4.79 Å². The van der Waals surface area contributed by atoms with E-state index in [9.17, 15) is 4.79 Å². The number of fused-ring (bicyclic) bond motifs is 1. The molecule has 0 bridgehead atoms. The lowest BCUT2D eigenvalue weighted by Crippen LogP contribution is -2.12. The minimum atomic E-state index is -0.196. The highest BCUT2D eigenvalue weighted by atomic mass is 79.9. The molecule has 0 saturated carbocycles. The van der Waals surface area contributed by atoms with Gasteiger partial charge in [-0.15, -0.1) is 0 Å². The van der Waals surface area contributed by atoms with E-state index in [2.05, 4.69) is 26.2 Å². The second kappa shape index (κ2) is 7.25. The highest BCUT2D eigenvalue weighted by Gasteiger charge is 2.12. The number of anilines is 1. The number of nitrogens with one attached hydrogen (secondary N) is 1. The van der Waals surface area contributed by atoms with Crippen LogP contribution in [0.2, 0.25) is 0 Å². The topological polar surface area (TPSA) is 64.4 Å². The molecule has 3 aromatic carbocycles. The van der Waals surface area contributed by atoms with Gasteiger partial charge >= 0.3 is 0 Å². The van der Waals surface area contributed by atoms with Crippen LogP contribution in [-0.2, 0) is 0 Å². The van der Waals surface area contributed by atoms with E-state index >= 15 is 0 Å². The van der Waals surface area contributed by atoms with E-state index in [-0.39, 0.29) is 5.91 Å². The van der Waals surface area contributed by atoms with Crippen molar-refractivity contribution in [3.8, 4) is 17.2 Å². The van der Waals surface area contributed by atoms with Gasteiger partial charge in [-0.25, -0.2) is 4.98 Å². The van der Waals surface area contributed by atoms with E-state index in [0.29, 0.717) is 28.2 Å². The molecule has 27 heavy (non-hydrogen) atoms. The van der Waals surface area contributed by atoms with E-state index in [1.165, 1.54) is 0 Å². The molecule has 0 fully saturated rings. The Morgan fingerprint density at radius 1 is 1.07 bits per heavy atom. The van der Waals surface area contributed by atoms with Gasteiger partial charge in [-0.2, -0.15) is 0 Å². The van der Waals surface area contributed by atoms with E-state index in [4.69, 9.17) is 9.15 Å². The molecular weight excluding hydrogens is 408 g/mol. The summed E-state index contributed by atoms with van der Waals surface area (Å²) in [7, 11) is 1.62. The Kier molecular flexibility index (Phi) is 4.64. The summed E-state index contributed by atoms with van der Waals surface area (Å²) in [5, 5.41) is 2.89. The molecule has 0 radical (unpaired) electrons. The summed E-state index contributed by atoms with van der Waals surface area (Å²) in [5.41, 5.74) is 3.34. The lowest BCUT2D eigenvalue weighted by molar-refractivity contribution is 0.102. The van der Waals surface area contributed by atoms with Crippen molar-refractivity contribution < 1.29 is 13.9 Å². The van der Waals surface area contributed by atoms with Gasteiger partial charge in [0.15, 0.2) is 5.58 Å². The lowest BCUT2D eigenvalue weighted by Gasteiger charge is -2.06. The number of benzene rings is 3. The molecule has 0 aliphatic heterocycles. The molecule has 0 aliphatic rings. The lowest BCUT2D eigenvalue weighted by atomic mass is 10.2. The summed E-state index contributed by atoms with van der Waals surface area (Å²) in [6, 6.07) is 20.2. The molecule has 1 aromatic heterocycles. The molecule has 0 aliphatic carbocycles. The Hall–Kier alpha value is -3.12. The van der Waals surface area contributed by atoms with Crippen LogP contribution in [0.25, 0.3) is 22.6 Å². The van der Waals surface area contributed by atoms with Crippen molar-refractivity contribution in [1.82, 2.24) is 4.98 Å². The first-order chi connectivity index (χ1) is 13.1. The zero-order chi connectivity index (χ0) is 18.8. The number of nitrogens with zero attached hydrogens (tertiary/aromatic N) is 1. The molecule has 0 saturated heterocycles. The maximum Gasteiger partial charge on any atom is 0.256 e. The number of amides is 1. The largest absolute Gasteiger partial charge is 0.497 e. The van der Waals surface area contributed by atoms with Crippen molar-refractivity contribution >= 4 is 38.6 Å². The predicted octanol–water partition coefficient (Wildman–Crippen LogP) is 5.52. The standard InChI is InChI=1S/C21H15BrN2O3/c1-26-15-6-4-5-13(11-15)21-24-18-12-14(9-10-19(18)27-21)23-20(25)16-7-2-3-8-17(16)22/h2-12H,1H3,(H,23,25). The molecule has 0 unspecified atom stereocenters. The summed E-state index contributed by atoms with van der Waals surface area (Å²) in [5.74, 6) is 1.03. The summed E-state index contributed by atoms with van der Waals surface area (Å²) < 4.78 is 11.8. The Morgan fingerprint density at radius 3 is 2.74 bits per heavy atom. The number of hydrogen-bond acceptors (Lipinski definition) is 4. The van der Waals surface area contributed by atoms with Gasteiger partial charge in [0.25, 0.3) is 5.91 Å². The Morgan fingerprint density at radius 2 is 1.93 bits per heavy atom. The van der Waals surface area contributed by atoms with Crippen LogP contribution in [0.3, 0.4) is 0 Å². The van der Waals surface area contributed by atoms with Gasteiger partial charge in [0.2, 0.25) is 5.89 Å². The smallest absolute Gasteiger partial charge is 0.256 e. The average Bonchev–Trinajstić information content (AvgIpc) is 3.12. The number of oxazole rings is 1. The molecular formula is C21H15BrN2O3. The highest BCUT2D eigenvalue weighted by molar-refractivity contribution is 9.10. The zero-order valence-corrected chi connectivity index (χ0v) is 16.0. The van der Waals surface area contributed by atoms with Crippen LogP contribution in [0.5, 0.6) is 5.75 Å². The van der Waals surface area contributed by atoms with Crippen molar-refractivity contribution in [3.05, 3.63) is 76.8 Å². The number of rotatable bonds is 4. The first-order valence-corrected chi connectivity index (χ1v) is 9.04. The minimum absolute atomic E-state index is 0.196. The number of methoxy groups -OCH3 is 1. The number of aromatic nitrogens is 1. The second-order valence-electron chi connectivity index (χ2n) is 5.87. The second-order valence-corrected chi connectivity index (χ2v) is 6.72. The molecule has 6 heteroatoms. The van der Waals surface area contributed by atoms with Crippen LogP contribution in [0, 0.1) is 0 Å². The Labute approximate surface area is 164 Å². The summed E-state index contributed by atoms with van der Waals surface area (Å²) in [6.45, 7) is 0. The van der Waals surface area contributed by atoms with E-state index in [0.717, 1.165) is 15.8 Å². The number of halogens is 1. The van der Waals surface area contributed by atoms with E-state index in [1.54, 1.807) is 31.4 Å². The molecule has 134 valence electrons. The van der Waals surface area contributed by atoms with Gasteiger partial charge < -0.3 is 14.5 Å². The van der Waals surface area contributed by atoms with Crippen molar-refractivity contribution in [3.63, 3.8) is 0 Å². The Balaban J connectivity index is 1.63. The number of carbonyl (C=O) groups is 1. The van der Waals surface area contributed by atoms with Crippen LogP contribution in [0.15, 0.2) is 75.6 Å². The molecule has 0 atom stereocenters. The fraction of sp³-hybridized carbons (Fsp3) is 0.0476. The molecule has 1 N–H and O–H groups in total. The molecule has 4 rings (SSSR count). The molecule has 0 spiro atoms. The predicted molar refractivity (Wildman–Crippen MR) is 108 cm³/mol. The van der Waals surface area contributed by atoms with Crippen LogP contribution in [0.1, 0.15) is 10.4 Å². The van der Waals surface area contributed by atoms with Crippen molar-refractivity contribution in [2.75, 3.05) is 12.4 Å².